The van der Waals surface area contributed by atoms with E-state index in [1.165, 1.54) is 12.8 Å². The smallest absolute Gasteiger partial charge is 0.255 e. The number of aromatic hydroxyl groups is 1. The molecule has 1 amide bonds. The number of amides is 1. The number of ether oxygens (including phenoxy) is 1. The molecular weight excluding hydrogens is 328 g/mol. The second-order valence-electron chi connectivity index (χ2n) is 6.76. The van der Waals surface area contributed by atoms with Crippen molar-refractivity contribution in [1.29, 1.82) is 0 Å². The third kappa shape index (κ3) is 4.17. The van der Waals surface area contributed by atoms with Crippen molar-refractivity contribution in [3.63, 3.8) is 0 Å². The Morgan fingerprint density at radius 3 is 2.54 bits per heavy atom. The van der Waals surface area contributed by atoms with Crippen LogP contribution in [0.5, 0.6) is 11.5 Å². The van der Waals surface area contributed by atoms with Gasteiger partial charge in [-0.25, -0.2) is 0 Å². The van der Waals surface area contributed by atoms with Crippen molar-refractivity contribution < 1.29 is 14.6 Å². The fourth-order valence-corrected chi connectivity index (χ4v) is 3.45. The molecule has 5 heteroatoms. The number of carbonyl (C=O) groups excluding carboxylic acids is 1. The Bertz CT molecular complexity index is 752. The van der Waals surface area contributed by atoms with E-state index in [4.69, 9.17) is 4.74 Å². The highest BCUT2D eigenvalue weighted by Crippen LogP contribution is 2.26. The van der Waals surface area contributed by atoms with Crippen LogP contribution in [0.25, 0.3) is 0 Å². The van der Waals surface area contributed by atoms with E-state index in [2.05, 4.69) is 22.3 Å². The lowest BCUT2D eigenvalue weighted by atomic mass is 10.0. The predicted octanol–water partition coefficient (Wildman–Crippen LogP) is 3.28. The number of rotatable bonds is 6. The summed E-state index contributed by atoms with van der Waals surface area (Å²) in [4.78, 5) is 15.0. The van der Waals surface area contributed by atoms with E-state index < -0.39 is 0 Å². The highest BCUT2D eigenvalue weighted by Gasteiger charge is 2.24. The van der Waals surface area contributed by atoms with E-state index in [0.717, 1.165) is 30.0 Å². The van der Waals surface area contributed by atoms with Crippen LogP contribution < -0.4 is 10.1 Å². The fourth-order valence-electron chi connectivity index (χ4n) is 3.45. The van der Waals surface area contributed by atoms with E-state index in [9.17, 15) is 9.90 Å². The van der Waals surface area contributed by atoms with Gasteiger partial charge in [-0.05, 0) is 62.7 Å². The number of likely N-dealkylation sites (tertiary alicyclic amines) is 1. The molecular formula is C21H26N2O3. The lowest BCUT2D eigenvalue weighted by Gasteiger charge is -2.28. The molecule has 0 spiro atoms. The number of hydrogen-bond donors (Lipinski definition) is 2. The Morgan fingerprint density at radius 2 is 1.88 bits per heavy atom. The van der Waals surface area contributed by atoms with Gasteiger partial charge in [0, 0.05) is 6.54 Å². The van der Waals surface area contributed by atoms with Gasteiger partial charge in [0.25, 0.3) is 5.91 Å². The first kappa shape index (κ1) is 18.3. The molecule has 1 unspecified atom stereocenters. The third-order valence-corrected chi connectivity index (χ3v) is 4.93. The standard InChI is InChI=1S/C21H26N2O3/c1-15-5-10-20(24)18(13-15)21(25)22-14-19(23-11-3-4-12-23)16-6-8-17(26-2)9-7-16/h5-10,13,19,24H,3-4,11-12,14H2,1-2H3,(H,22,25). The molecule has 2 N–H and O–H groups in total. The van der Waals surface area contributed by atoms with E-state index in [0.29, 0.717) is 12.1 Å². The summed E-state index contributed by atoms with van der Waals surface area (Å²) >= 11 is 0. The number of carbonyl (C=O) groups is 1. The van der Waals surface area contributed by atoms with Gasteiger partial charge in [-0.3, -0.25) is 9.69 Å². The molecule has 0 bridgehead atoms. The topological polar surface area (TPSA) is 61.8 Å². The van der Waals surface area contributed by atoms with Crippen molar-refractivity contribution in [2.45, 2.75) is 25.8 Å². The van der Waals surface area contributed by atoms with Crippen molar-refractivity contribution in [3.05, 3.63) is 59.2 Å². The van der Waals surface area contributed by atoms with Crippen LogP contribution in [0.3, 0.4) is 0 Å². The predicted molar refractivity (Wildman–Crippen MR) is 102 cm³/mol. The second kappa shape index (κ2) is 8.23. The van der Waals surface area contributed by atoms with Gasteiger partial charge in [-0.1, -0.05) is 23.8 Å². The van der Waals surface area contributed by atoms with E-state index >= 15 is 0 Å². The summed E-state index contributed by atoms with van der Waals surface area (Å²) in [5, 5.41) is 13.0. The minimum absolute atomic E-state index is 0.00951. The Hall–Kier alpha value is -2.53. The van der Waals surface area contributed by atoms with Crippen LogP contribution in [-0.2, 0) is 0 Å². The molecule has 1 aliphatic rings. The molecule has 0 aromatic heterocycles. The molecule has 138 valence electrons. The maximum absolute atomic E-state index is 12.6. The Kier molecular flexibility index (Phi) is 5.78. The fraction of sp³-hybridized carbons (Fsp3) is 0.381. The molecule has 1 saturated heterocycles. The number of nitrogens with one attached hydrogen (secondary N) is 1. The van der Waals surface area contributed by atoms with Crippen molar-refractivity contribution >= 4 is 5.91 Å². The van der Waals surface area contributed by atoms with Gasteiger partial charge in [0.15, 0.2) is 0 Å². The highest BCUT2D eigenvalue weighted by molar-refractivity contribution is 5.97. The third-order valence-electron chi connectivity index (χ3n) is 4.93. The average molecular weight is 354 g/mol. The zero-order valence-electron chi connectivity index (χ0n) is 15.4. The largest absolute Gasteiger partial charge is 0.507 e. The van der Waals surface area contributed by atoms with Crippen LogP contribution in [0, 0.1) is 6.92 Å². The van der Waals surface area contributed by atoms with E-state index in [1.54, 1.807) is 25.3 Å². The molecule has 5 nitrogen and oxygen atoms in total. The summed E-state index contributed by atoms with van der Waals surface area (Å²) in [5.41, 5.74) is 2.42. The normalized spacial score (nSPS) is 15.6. The second-order valence-corrected chi connectivity index (χ2v) is 6.76. The van der Waals surface area contributed by atoms with Gasteiger partial charge in [-0.2, -0.15) is 0 Å². The molecule has 0 aliphatic carbocycles. The first-order valence-corrected chi connectivity index (χ1v) is 9.04. The minimum atomic E-state index is -0.246. The van der Waals surface area contributed by atoms with Crippen LogP contribution >= 0.6 is 0 Å². The van der Waals surface area contributed by atoms with Crippen LogP contribution in [0.2, 0.25) is 0 Å². The van der Waals surface area contributed by atoms with Gasteiger partial charge in [0.1, 0.15) is 11.5 Å². The SMILES string of the molecule is COc1ccc(C(CNC(=O)c2cc(C)ccc2O)N2CCCC2)cc1. The number of phenolic OH excluding ortho intramolecular Hbond substituents is 1. The van der Waals surface area contributed by atoms with Crippen molar-refractivity contribution in [2.75, 3.05) is 26.7 Å². The molecule has 0 saturated carbocycles. The quantitative estimate of drug-likeness (QED) is 0.836. The Morgan fingerprint density at radius 1 is 1.19 bits per heavy atom. The molecule has 0 radical (unpaired) electrons. The zero-order chi connectivity index (χ0) is 18.5. The molecule has 1 aliphatic heterocycles. The summed E-state index contributed by atoms with van der Waals surface area (Å²) in [7, 11) is 1.65. The van der Waals surface area contributed by atoms with Crippen molar-refractivity contribution in [2.24, 2.45) is 0 Å². The maximum Gasteiger partial charge on any atom is 0.255 e. The van der Waals surface area contributed by atoms with Gasteiger partial charge in [0.05, 0.1) is 18.7 Å². The van der Waals surface area contributed by atoms with Gasteiger partial charge >= 0.3 is 0 Å². The molecule has 26 heavy (non-hydrogen) atoms. The van der Waals surface area contributed by atoms with Gasteiger partial charge in [-0.15, -0.1) is 0 Å². The van der Waals surface area contributed by atoms with Crippen LogP contribution in [0.15, 0.2) is 42.5 Å². The summed E-state index contributed by atoms with van der Waals surface area (Å²) < 4.78 is 5.24. The van der Waals surface area contributed by atoms with Crippen LogP contribution in [0.1, 0.15) is 40.4 Å². The van der Waals surface area contributed by atoms with Crippen LogP contribution in [-0.4, -0.2) is 42.7 Å². The molecule has 2 aromatic rings. The van der Waals surface area contributed by atoms with E-state index in [1.807, 2.05) is 19.1 Å². The first-order chi connectivity index (χ1) is 12.6. The number of aryl methyl sites for hydroxylation is 1. The molecule has 3 rings (SSSR count). The molecule has 1 heterocycles. The number of nitrogens with zero attached hydrogens (tertiary/aromatic N) is 1. The van der Waals surface area contributed by atoms with Gasteiger partial charge in [0.2, 0.25) is 0 Å². The monoisotopic (exact) mass is 354 g/mol. The number of phenols is 1. The van der Waals surface area contributed by atoms with Gasteiger partial charge < -0.3 is 15.2 Å². The molecule has 1 fully saturated rings. The minimum Gasteiger partial charge on any atom is -0.507 e. The number of methoxy groups -OCH3 is 1. The van der Waals surface area contributed by atoms with E-state index in [-0.39, 0.29) is 17.7 Å². The van der Waals surface area contributed by atoms with Crippen LogP contribution in [0.4, 0.5) is 0 Å². The van der Waals surface area contributed by atoms with Crippen molar-refractivity contribution in [1.82, 2.24) is 10.2 Å². The summed E-state index contributed by atoms with van der Waals surface area (Å²) in [6.07, 6.45) is 2.36. The first-order valence-electron chi connectivity index (χ1n) is 9.04. The Balaban J connectivity index is 1.75. The lowest BCUT2D eigenvalue weighted by Crippen LogP contribution is -2.36. The zero-order valence-corrected chi connectivity index (χ0v) is 15.4. The number of benzene rings is 2. The number of hydrogen-bond acceptors (Lipinski definition) is 4. The maximum atomic E-state index is 12.6. The van der Waals surface area contributed by atoms with Crippen molar-refractivity contribution in [3.8, 4) is 11.5 Å². The molecule has 1 atom stereocenters. The highest BCUT2D eigenvalue weighted by atomic mass is 16.5. The molecule has 2 aromatic carbocycles. The summed E-state index contributed by atoms with van der Waals surface area (Å²) in [6, 6.07) is 13.2. The lowest BCUT2D eigenvalue weighted by molar-refractivity contribution is 0.0935. The summed E-state index contributed by atoms with van der Waals surface area (Å²) in [5.74, 6) is 0.585. The Labute approximate surface area is 154 Å². The average Bonchev–Trinajstić information content (AvgIpc) is 3.18. The summed E-state index contributed by atoms with van der Waals surface area (Å²) in [6.45, 7) is 4.46.